The number of rotatable bonds is 8. The Balaban J connectivity index is 1.43. The SMILES string of the molecule is COC(=O)[C@H](Cc1ccc(OC(=O)c2ccccc2)c(C#Cc2ccc(-c3ccccn3)nc2)c1)NC(=O)c1ccccc1. The van der Waals surface area contributed by atoms with Crippen molar-refractivity contribution in [1.82, 2.24) is 15.3 Å². The van der Waals surface area contributed by atoms with Gasteiger partial charge in [-0.25, -0.2) is 9.59 Å². The number of aromatic nitrogens is 2. The topological polar surface area (TPSA) is 107 Å². The summed E-state index contributed by atoms with van der Waals surface area (Å²) in [6, 6.07) is 30.6. The number of benzene rings is 3. The molecule has 0 aliphatic heterocycles. The fraction of sp³-hybridized carbons (Fsp3) is 0.0833. The van der Waals surface area contributed by atoms with Gasteiger partial charge in [0.05, 0.1) is 29.6 Å². The van der Waals surface area contributed by atoms with Crippen molar-refractivity contribution in [2.45, 2.75) is 12.5 Å². The number of carbonyl (C=O) groups excluding carboxylic acids is 3. The van der Waals surface area contributed by atoms with E-state index in [9.17, 15) is 14.4 Å². The standard InChI is InChI=1S/C36H27N3O5/c1-43-36(42)32(39-34(40)27-10-4-2-5-11-27)23-26-17-20-33(44-35(41)28-12-6-3-7-13-28)29(22-26)18-15-25-16-19-31(38-24-25)30-14-8-9-21-37-30/h2-14,16-17,19-22,24,32H,23H2,1H3,(H,39,40)/t32-/m0/s1. The number of nitrogens with one attached hydrogen (secondary N) is 1. The van der Waals surface area contributed by atoms with E-state index in [1.165, 1.54) is 7.11 Å². The van der Waals surface area contributed by atoms with Gasteiger partial charge in [-0.1, -0.05) is 60.4 Å². The lowest BCUT2D eigenvalue weighted by Gasteiger charge is -2.17. The third-order valence-corrected chi connectivity index (χ3v) is 6.56. The summed E-state index contributed by atoms with van der Waals surface area (Å²) in [5.74, 6) is 4.86. The second-order valence-electron chi connectivity index (χ2n) is 9.60. The molecule has 0 bridgehead atoms. The predicted molar refractivity (Wildman–Crippen MR) is 165 cm³/mol. The summed E-state index contributed by atoms with van der Waals surface area (Å²) in [5, 5.41) is 2.75. The van der Waals surface area contributed by atoms with Crippen molar-refractivity contribution in [3.05, 3.63) is 149 Å². The van der Waals surface area contributed by atoms with Gasteiger partial charge in [0.2, 0.25) is 0 Å². The minimum atomic E-state index is -0.963. The Kier molecular flexibility index (Phi) is 9.50. The van der Waals surface area contributed by atoms with E-state index in [0.29, 0.717) is 33.5 Å². The van der Waals surface area contributed by atoms with E-state index in [1.54, 1.807) is 85.2 Å². The molecule has 0 saturated carbocycles. The van der Waals surface area contributed by atoms with Crippen LogP contribution in [0.5, 0.6) is 5.75 Å². The van der Waals surface area contributed by atoms with Crippen molar-refractivity contribution < 1.29 is 23.9 Å². The average molecular weight is 582 g/mol. The van der Waals surface area contributed by atoms with Gasteiger partial charge in [-0.2, -0.15) is 0 Å². The van der Waals surface area contributed by atoms with Crippen LogP contribution in [0.3, 0.4) is 0 Å². The quantitative estimate of drug-likeness (QED) is 0.151. The first-order chi connectivity index (χ1) is 21.5. The van der Waals surface area contributed by atoms with Crippen LogP contribution in [0.4, 0.5) is 0 Å². The number of hydrogen-bond donors (Lipinski definition) is 1. The Morgan fingerprint density at radius 3 is 2.14 bits per heavy atom. The normalized spacial score (nSPS) is 10.9. The number of ether oxygens (including phenoxy) is 2. The summed E-state index contributed by atoms with van der Waals surface area (Å²) in [4.78, 5) is 47.1. The highest BCUT2D eigenvalue weighted by atomic mass is 16.5. The lowest BCUT2D eigenvalue weighted by atomic mass is 10.0. The molecule has 1 amide bonds. The predicted octanol–water partition coefficient (Wildman–Crippen LogP) is 5.28. The monoisotopic (exact) mass is 581 g/mol. The van der Waals surface area contributed by atoms with Gasteiger partial charge < -0.3 is 14.8 Å². The van der Waals surface area contributed by atoms with E-state index in [-0.39, 0.29) is 12.2 Å². The summed E-state index contributed by atoms with van der Waals surface area (Å²) in [6.07, 6.45) is 3.46. The van der Waals surface area contributed by atoms with Crippen LogP contribution < -0.4 is 10.1 Å². The molecule has 0 spiro atoms. The van der Waals surface area contributed by atoms with Crippen molar-refractivity contribution in [1.29, 1.82) is 0 Å². The molecule has 216 valence electrons. The highest BCUT2D eigenvalue weighted by molar-refractivity contribution is 5.96. The molecule has 0 unspecified atom stereocenters. The van der Waals surface area contributed by atoms with E-state index in [0.717, 1.165) is 5.69 Å². The molecule has 1 N–H and O–H groups in total. The summed E-state index contributed by atoms with van der Waals surface area (Å²) in [5.41, 5.74) is 3.98. The van der Waals surface area contributed by atoms with Crippen LogP contribution in [0.15, 0.2) is 122 Å². The second kappa shape index (κ2) is 14.2. The average Bonchev–Trinajstić information content (AvgIpc) is 3.08. The molecule has 0 saturated heterocycles. The maximum absolute atomic E-state index is 12.9. The zero-order valence-corrected chi connectivity index (χ0v) is 23.8. The summed E-state index contributed by atoms with van der Waals surface area (Å²) < 4.78 is 10.7. The zero-order chi connectivity index (χ0) is 30.7. The number of amides is 1. The Hall–Kier alpha value is -6.07. The van der Waals surface area contributed by atoms with Gasteiger partial charge in [0.15, 0.2) is 0 Å². The molecule has 2 heterocycles. The smallest absolute Gasteiger partial charge is 0.343 e. The molecule has 5 rings (SSSR count). The molecular formula is C36H27N3O5. The van der Waals surface area contributed by atoms with Crippen molar-refractivity contribution in [3.63, 3.8) is 0 Å². The summed E-state index contributed by atoms with van der Waals surface area (Å²) in [6.45, 7) is 0. The number of nitrogens with zero attached hydrogens (tertiary/aromatic N) is 2. The fourth-order valence-electron chi connectivity index (χ4n) is 4.30. The largest absolute Gasteiger partial charge is 0.467 e. The van der Waals surface area contributed by atoms with Crippen LogP contribution in [0.2, 0.25) is 0 Å². The van der Waals surface area contributed by atoms with E-state index in [2.05, 4.69) is 27.1 Å². The van der Waals surface area contributed by atoms with Crippen molar-refractivity contribution in [2.75, 3.05) is 7.11 Å². The molecule has 8 nitrogen and oxygen atoms in total. The van der Waals surface area contributed by atoms with Crippen LogP contribution in [0, 0.1) is 11.8 Å². The number of hydrogen-bond acceptors (Lipinski definition) is 7. The number of esters is 2. The number of pyridine rings is 2. The maximum atomic E-state index is 12.9. The Morgan fingerprint density at radius 2 is 1.48 bits per heavy atom. The van der Waals surface area contributed by atoms with Gasteiger partial charge in [0.1, 0.15) is 11.8 Å². The molecule has 5 aromatic rings. The lowest BCUT2D eigenvalue weighted by Crippen LogP contribution is -2.43. The molecule has 8 heteroatoms. The third-order valence-electron chi connectivity index (χ3n) is 6.56. The highest BCUT2D eigenvalue weighted by Crippen LogP contribution is 2.23. The Bertz CT molecular complexity index is 1810. The molecule has 0 radical (unpaired) electrons. The first-order valence-corrected chi connectivity index (χ1v) is 13.7. The summed E-state index contributed by atoms with van der Waals surface area (Å²) >= 11 is 0. The minimum Gasteiger partial charge on any atom is -0.467 e. The van der Waals surface area contributed by atoms with E-state index >= 15 is 0 Å². The molecule has 0 aliphatic carbocycles. The zero-order valence-electron chi connectivity index (χ0n) is 23.8. The molecular weight excluding hydrogens is 554 g/mol. The van der Waals surface area contributed by atoms with E-state index in [4.69, 9.17) is 9.47 Å². The van der Waals surface area contributed by atoms with Crippen molar-refractivity contribution in [3.8, 4) is 29.0 Å². The van der Waals surface area contributed by atoms with Gasteiger partial charge >= 0.3 is 11.9 Å². The van der Waals surface area contributed by atoms with Gasteiger partial charge in [-0.05, 0) is 66.2 Å². The molecule has 1 atom stereocenters. The van der Waals surface area contributed by atoms with Gasteiger partial charge in [0.25, 0.3) is 5.91 Å². The molecule has 44 heavy (non-hydrogen) atoms. The van der Waals surface area contributed by atoms with Gasteiger partial charge in [0, 0.05) is 29.9 Å². The minimum absolute atomic E-state index is 0.118. The first-order valence-electron chi connectivity index (χ1n) is 13.7. The third kappa shape index (κ3) is 7.60. The van der Waals surface area contributed by atoms with Crippen LogP contribution in [0.1, 0.15) is 37.4 Å². The first kappa shape index (κ1) is 29.4. The van der Waals surface area contributed by atoms with E-state index in [1.807, 2.05) is 36.4 Å². The van der Waals surface area contributed by atoms with Crippen LogP contribution in [-0.4, -0.2) is 41.0 Å². The second-order valence-corrected chi connectivity index (χ2v) is 9.60. The van der Waals surface area contributed by atoms with Gasteiger partial charge in [-0.15, -0.1) is 0 Å². The molecule has 0 aliphatic rings. The van der Waals surface area contributed by atoms with Crippen molar-refractivity contribution in [2.24, 2.45) is 0 Å². The highest BCUT2D eigenvalue weighted by Gasteiger charge is 2.23. The summed E-state index contributed by atoms with van der Waals surface area (Å²) in [7, 11) is 1.26. The van der Waals surface area contributed by atoms with Crippen LogP contribution in [-0.2, 0) is 16.0 Å². The maximum Gasteiger partial charge on any atom is 0.343 e. The van der Waals surface area contributed by atoms with E-state index < -0.39 is 23.9 Å². The molecule has 0 fully saturated rings. The number of methoxy groups -OCH3 is 1. The lowest BCUT2D eigenvalue weighted by molar-refractivity contribution is -0.142. The van der Waals surface area contributed by atoms with Crippen LogP contribution >= 0.6 is 0 Å². The van der Waals surface area contributed by atoms with Crippen LogP contribution in [0.25, 0.3) is 11.4 Å². The molecule has 2 aromatic heterocycles. The molecule has 3 aromatic carbocycles. The van der Waals surface area contributed by atoms with Crippen molar-refractivity contribution >= 4 is 17.8 Å². The fourth-order valence-corrected chi connectivity index (χ4v) is 4.30. The Morgan fingerprint density at radius 1 is 0.773 bits per heavy atom. The Labute approximate surface area is 254 Å². The number of carbonyl (C=O) groups is 3. The van der Waals surface area contributed by atoms with Gasteiger partial charge in [-0.3, -0.25) is 14.8 Å².